The van der Waals surface area contributed by atoms with E-state index in [1.54, 1.807) is 66.7 Å². The molecule has 0 amide bonds. The molecule has 2 heterocycles. The van der Waals surface area contributed by atoms with Crippen molar-refractivity contribution in [2.75, 3.05) is 19.1 Å². The molecule has 4 aromatic rings. The highest BCUT2D eigenvalue weighted by Crippen LogP contribution is 2.62. The van der Waals surface area contributed by atoms with Gasteiger partial charge in [-0.15, -0.1) is 0 Å². The van der Waals surface area contributed by atoms with E-state index in [4.69, 9.17) is 14.2 Å². The zero-order valence-corrected chi connectivity index (χ0v) is 24.9. The van der Waals surface area contributed by atoms with Crippen molar-refractivity contribution in [2.45, 2.75) is 24.9 Å². The molecule has 1 aliphatic carbocycles. The standard InChI is InChI=1S/C37H29NO7/c1-21(39)45-24-18-15-23(16-19-24)33(40)32-31(27-12-8-14-29(43-2)34(27)44-3)37(35(41)25-10-5-6-11-26(25)36(37)42)30-20-17-22-9-4-7-13-28(22)38(30)32/h4-20,30-32H,1-3H3/t30?,31-,32+/m0/s1. The van der Waals surface area contributed by atoms with Gasteiger partial charge in [0, 0.05) is 40.8 Å². The van der Waals surface area contributed by atoms with Crippen LogP contribution in [0.1, 0.15) is 55.0 Å². The lowest BCUT2D eigenvalue weighted by Crippen LogP contribution is -2.48. The first-order valence-corrected chi connectivity index (χ1v) is 14.6. The minimum Gasteiger partial charge on any atom is -0.493 e. The van der Waals surface area contributed by atoms with Crippen LogP contribution in [0.25, 0.3) is 6.08 Å². The third-order valence-electron chi connectivity index (χ3n) is 9.15. The Morgan fingerprint density at radius 3 is 2.09 bits per heavy atom. The van der Waals surface area contributed by atoms with E-state index in [1.165, 1.54) is 21.1 Å². The molecule has 2 aliphatic heterocycles. The van der Waals surface area contributed by atoms with Crippen LogP contribution in [0, 0.1) is 5.41 Å². The third-order valence-corrected chi connectivity index (χ3v) is 9.15. The molecule has 0 bridgehead atoms. The number of para-hydroxylation sites is 2. The Morgan fingerprint density at radius 1 is 0.778 bits per heavy atom. The number of fused-ring (bicyclic) bond motifs is 5. The van der Waals surface area contributed by atoms with Crippen molar-refractivity contribution in [3.05, 3.63) is 125 Å². The van der Waals surface area contributed by atoms with Crippen molar-refractivity contribution in [1.29, 1.82) is 0 Å². The summed E-state index contributed by atoms with van der Waals surface area (Å²) in [5.74, 6) is -1.36. The second kappa shape index (κ2) is 10.6. The summed E-state index contributed by atoms with van der Waals surface area (Å²) in [5.41, 5.74) is 1.43. The molecule has 1 fully saturated rings. The molecule has 0 aromatic heterocycles. The van der Waals surface area contributed by atoms with Gasteiger partial charge in [-0.3, -0.25) is 19.2 Å². The maximum Gasteiger partial charge on any atom is 0.308 e. The van der Waals surface area contributed by atoms with Crippen molar-refractivity contribution in [1.82, 2.24) is 0 Å². The molecule has 0 radical (unpaired) electrons. The Kier molecular flexibility index (Phi) is 6.66. The number of methoxy groups -OCH3 is 2. The number of Topliss-reactive ketones (excluding diaryl/α,β-unsaturated/α-hetero) is 3. The van der Waals surface area contributed by atoms with Crippen molar-refractivity contribution < 1.29 is 33.4 Å². The Bertz CT molecular complexity index is 1890. The number of carbonyl (C=O) groups excluding carboxylic acids is 4. The number of benzene rings is 4. The van der Waals surface area contributed by atoms with Crippen molar-refractivity contribution in [2.24, 2.45) is 5.41 Å². The highest BCUT2D eigenvalue weighted by Gasteiger charge is 2.72. The molecular weight excluding hydrogens is 570 g/mol. The molecular formula is C37H29NO7. The lowest BCUT2D eigenvalue weighted by molar-refractivity contribution is -0.131. The molecule has 4 aromatic carbocycles. The van der Waals surface area contributed by atoms with E-state index in [0.29, 0.717) is 39.5 Å². The van der Waals surface area contributed by atoms with Gasteiger partial charge in [-0.25, -0.2) is 0 Å². The average molecular weight is 600 g/mol. The normalized spacial score (nSPS) is 20.4. The quantitative estimate of drug-likeness (QED) is 0.116. The summed E-state index contributed by atoms with van der Waals surface area (Å²) in [6, 6.07) is 24.3. The summed E-state index contributed by atoms with van der Waals surface area (Å²) in [5, 5.41) is 0. The van der Waals surface area contributed by atoms with Crippen LogP contribution in [-0.2, 0) is 4.79 Å². The van der Waals surface area contributed by atoms with Gasteiger partial charge in [0.1, 0.15) is 17.2 Å². The van der Waals surface area contributed by atoms with Gasteiger partial charge in [0.25, 0.3) is 0 Å². The van der Waals surface area contributed by atoms with Crippen LogP contribution in [-0.4, -0.2) is 49.6 Å². The molecule has 1 saturated heterocycles. The van der Waals surface area contributed by atoms with Crippen LogP contribution in [0.3, 0.4) is 0 Å². The number of rotatable bonds is 6. The van der Waals surface area contributed by atoms with Crippen LogP contribution in [0.15, 0.2) is 97.1 Å². The topological polar surface area (TPSA) is 99.2 Å². The van der Waals surface area contributed by atoms with E-state index < -0.39 is 29.4 Å². The number of nitrogens with zero attached hydrogens (tertiary/aromatic N) is 1. The van der Waals surface area contributed by atoms with Crippen LogP contribution in [0.4, 0.5) is 5.69 Å². The summed E-state index contributed by atoms with van der Waals surface area (Å²) in [4.78, 5) is 58.2. The third kappa shape index (κ3) is 3.98. The lowest BCUT2D eigenvalue weighted by Gasteiger charge is -2.37. The number of ketones is 3. The van der Waals surface area contributed by atoms with E-state index in [0.717, 1.165) is 11.3 Å². The summed E-state index contributed by atoms with van der Waals surface area (Å²) in [6.45, 7) is 1.30. The van der Waals surface area contributed by atoms with Crippen LogP contribution in [0.5, 0.6) is 17.2 Å². The predicted molar refractivity (Wildman–Crippen MR) is 167 cm³/mol. The number of esters is 1. The first kappa shape index (κ1) is 28.3. The lowest BCUT2D eigenvalue weighted by atomic mass is 9.64. The maximum absolute atomic E-state index is 14.9. The molecule has 1 spiro atoms. The first-order chi connectivity index (χ1) is 21.8. The highest BCUT2D eigenvalue weighted by molar-refractivity contribution is 6.32. The largest absolute Gasteiger partial charge is 0.493 e. The number of anilines is 1. The summed E-state index contributed by atoms with van der Waals surface area (Å²) >= 11 is 0. The van der Waals surface area contributed by atoms with Gasteiger partial charge in [0.2, 0.25) is 0 Å². The summed E-state index contributed by atoms with van der Waals surface area (Å²) < 4.78 is 16.8. The highest BCUT2D eigenvalue weighted by atomic mass is 16.5. The number of ether oxygens (including phenoxy) is 3. The second-order valence-electron chi connectivity index (χ2n) is 11.3. The fraction of sp³-hybridized carbons (Fsp3) is 0.189. The molecule has 8 nitrogen and oxygen atoms in total. The van der Waals surface area contributed by atoms with Gasteiger partial charge in [0.05, 0.1) is 20.3 Å². The zero-order chi connectivity index (χ0) is 31.5. The number of carbonyl (C=O) groups is 4. The molecule has 45 heavy (non-hydrogen) atoms. The minimum absolute atomic E-state index is 0.300. The SMILES string of the molecule is COc1cccc([C@H]2[C@H](C(=O)c3ccc(OC(C)=O)cc3)N3c4ccccc4C=CC3C23C(=O)c2ccccc2C3=O)c1OC. The smallest absolute Gasteiger partial charge is 0.308 e. The molecule has 8 heteroatoms. The van der Waals surface area contributed by atoms with E-state index in [-0.39, 0.29) is 17.3 Å². The van der Waals surface area contributed by atoms with Crippen molar-refractivity contribution >= 4 is 35.1 Å². The van der Waals surface area contributed by atoms with E-state index in [9.17, 15) is 19.2 Å². The molecule has 0 saturated carbocycles. The molecule has 3 atom stereocenters. The average Bonchev–Trinajstić information content (AvgIpc) is 3.50. The fourth-order valence-electron chi connectivity index (χ4n) is 7.44. The van der Waals surface area contributed by atoms with Gasteiger partial charge in [-0.2, -0.15) is 0 Å². The van der Waals surface area contributed by atoms with Gasteiger partial charge >= 0.3 is 5.97 Å². The van der Waals surface area contributed by atoms with Crippen LogP contribution >= 0.6 is 0 Å². The molecule has 0 N–H and O–H groups in total. The van der Waals surface area contributed by atoms with Crippen LogP contribution < -0.4 is 19.1 Å². The Balaban J connectivity index is 1.53. The van der Waals surface area contributed by atoms with Crippen LogP contribution in [0.2, 0.25) is 0 Å². The maximum atomic E-state index is 14.9. The monoisotopic (exact) mass is 599 g/mol. The first-order valence-electron chi connectivity index (χ1n) is 14.6. The van der Waals surface area contributed by atoms with Crippen molar-refractivity contribution in [3.63, 3.8) is 0 Å². The Labute approximate surface area is 259 Å². The van der Waals surface area contributed by atoms with E-state index in [1.807, 2.05) is 41.3 Å². The van der Waals surface area contributed by atoms with Crippen molar-refractivity contribution in [3.8, 4) is 17.2 Å². The number of hydrogen-bond donors (Lipinski definition) is 0. The zero-order valence-electron chi connectivity index (χ0n) is 24.9. The van der Waals surface area contributed by atoms with Gasteiger partial charge < -0.3 is 19.1 Å². The Morgan fingerprint density at radius 2 is 1.44 bits per heavy atom. The molecule has 3 aliphatic rings. The van der Waals surface area contributed by atoms with Gasteiger partial charge in [0.15, 0.2) is 28.8 Å². The molecule has 1 unspecified atom stereocenters. The molecule has 7 rings (SSSR count). The molecule has 224 valence electrons. The number of hydrogen-bond acceptors (Lipinski definition) is 8. The summed E-state index contributed by atoms with van der Waals surface area (Å²) in [7, 11) is 3.02. The van der Waals surface area contributed by atoms with E-state index in [2.05, 4.69) is 0 Å². The Hall–Kier alpha value is -5.50. The summed E-state index contributed by atoms with van der Waals surface area (Å²) in [6.07, 6.45) is 3.79. The minimum atomic E-state index is -1.69. The van der Waals surface area contributed by atoms with Gasteiger partial charge in [-0.05, 0) is 42.0 Å². The van der Waals surface area contributed by atoms with Gasteiger partial charge in [-0.1, -0.05) is 66.7 Å². The predicted octanol–water partition coefficient (Wildman–Crippen LogP) is 5.95. The van der Waals surface area contributed by atoms with E-state index >= 15 is 0 Å². The fourth-order valence-corrected chi connectivity index (χ4v) is 7.44. The second-order valence-corrected chi connectivity index (χ2v) is 11.3.